The molecular weight excluding hydrogens is 288 g/mol. The molecule has 0 aromatic heterocycles. The number of halogens is 1. The Morgan fingerprint density at radius 3 is 2.67 bits per heavy atom. The smallest absolute Gasteiger partial charge is 0.225 e. The molecule has 1 fully saturated rings. The Morgan fingerprint density at radius 1 is 1.43 bits per heavy atom. The summed E-state index contributed by atoms with van der Waals surface area (Å²) in [5, 5.41) is 3.36. The highest BCUT2D eigenvalue weighted by Gasteiger charge is 2.24. The second kappa shape index (κ2) is 8.25. The second-order valence-corrected chi connectivity index (χ2v) is 5.59. The van der Waals surface area contributed by atoms with Crippen molar-refractivity contribution in [2.24, 2.45) is 5.92 Å². The van der Waals surface area contributed by atoms with Crippen molar-refractivity contribution in [3.8, 4) is 5.75 Å². The van der Waals surface area contributed by atoms with Gasteiger partial charge in [-0.2, -0.15) is 0 Å². The first-order chi connectivity index (χ1) is 9.60. The number of nitrogens with one attached hydrogen (secondary N) is 1. The summed E-state index contributed by atoms with van der Waals surface area (Å²) in [7, 11) is 1.66. The summed E-state index contributed by atoms with van der Waals surface area (Å²) in [6.45, 7) is 6.65. The van der Waals surface area contributed by atoms with Crippen LogP contribution in [0.15, 0.2) is 24.3 Å². The Kier molecular flexibility index (Phi) is 6.99. The van der Waals surface area contributed by atoms with Gasteiger partial charge in [-0.05, 0) is 31.0 Å². The molecule has 1 aliphatic rings. The van der Waals surface area contributed by atoms with E-state index in [1.165, 1.54) is 5.56 Å². The molecule has 0 spiro atoms. The van der Waals surface area contributed by atoms with Crippen LogP contribution in [0.5, 0.6) is 5.75 Å². The fourth-order valence-electron chi connectivity index (χ4n) is 2.65. The fraction of sp³-hybridized carbons (Fsp3) is 0.562. The molecule has 1 amide bonds. The van der Waals surface area contributed by atoms with E-state index in [2.05, 4.69) is 12.2 Å². The SMILES string of the molecule is COc1ccc(CC(C)C(=O)N2CCN[C@H](C)C2)cc1.Cl. The number of methoxy groups -OCH3 is 1. The topological polar surface area (TPSA) is 41.6 Å². The molecule has 0 aliphatic carbocycles. The predicted octanol–water partition coefficient (Wildman–Crippen LogP) is 2.12. The Bertz CT molecular complexity index is 450. The summed E-state index contributed by atoms with van der Waals surface area (Å²) in [5.74, 6) is 1.13. The number of hydrogen-bond acceptors (Lipinski definition) is 3. The van der Waals surface area contributed by atoms with Crippen LogP contribution in [0.4, 0.5) is 0 Å². The average Bonchev–Trinajstić information content (AvgIpc) is 2.47. The number of benzene rings is 1. The molecule has 0 radical (unpaired) electrons. The highest BCUT2D eigenvalue weighted by Crippen LogP contribution is 2.16. The van der Waals surface area contributed by atoms with Gasteiger partial charge in [0.15, 0.2) is 0 Å². The predicted molar refractivity (Wildman–Crippen MR) is 87.2 cm³/mol. The van der Waals surface area contributed by atoms with Gasteiger partial charge in [0.1, 0.15) is 5.75 Å². The summed E-state index contributed by atoms with van der Waals surface area (Å²) in [6, 6.07) is 8.34. The van der Waals surface area contributed by atoms with Crippen molar-refractivity contribution in [1.82, 2.24) is 10.2 Å². The maximum atomic E-state index is 12.4. The standard InChI is InChI=1S/C16H24N2O2.ClH/c1-12(10-14-4-6-15(20-3)7-5-14)16(19)18-9-8-17-13(2)11-18;/h4-7,12-13,17H,8-11H2,1-3H3;1H/t12?,13-;/m1./s1. The third-order valence-corrected chi connectivity index (χ3v) is 3.80. The molecule has 21 heavy (non-hydrogen) atoms. The van der Waals surface area contributed by atoms with Crippen LogP contribution in [0.2, 0.25) is 0 Å². The number of carbonyl (C=O) groups excluding carboxylic acids is 1. The maximum Gasteiger partial charge on any atom is 0.225 e. The van der Waals surface area contributed by atoms with Gasteiger partial charge in [0.25, 0.3) is 0 Å². The van der Waals surface area contributed by atoms with Gasteiger partial charge in [-0.15, -0.1) is 12.4 Å². The van der Waals surface area contributed by atoms with Crippen LogP contribution < -0.4 is 10.1 Å². The zero-order chi connectivity index (χ0) is 14.5. The van der Waals surface area contributed by atoms with Crippen molar-refractivity contribution in [3.05, 3.63) is 29.8 Å². The number of rotatable bonds is 4. The number of piperazine rings is 1. The van der Waals surface area contributed by atoms with Gasteiger partial charge in [0, 0.05) is 31.6 Å². The van der Waals surface area contributed by atoms with Crippen LogP contribution >= 0.6 is 12.4 Å². The Balaban J connectivity index is 0.00000220. The third-order valence-electron chi connectivity index (χ3n) is 3.80. The van der Waals surface area contributed by atoms with E-state index >= 15 is 0 Å². The molecular formula is C16H25ClN2O2. The van der Waals surface area contributed by atoms with Crippen molar-refractivity contribution < 1.29 is 9.53 Å². The monoisotopic (exact) mass is 312 g/mol. The number of nitrogens with zero attached hydrogens (tertiary/aromatic N) is 1. The van der Waals surface area contributed by atoms with Crippen molar-refractivity contribution in [2.45, 2.75) is 26.3 Å². The van der Waals surface area contributed by atoms with E-state index < -0.39 is 0 Å². The lowest BCUT2D eigenvalue weighted by Crippen LogP contribution is -2.52. The Hall–Kier alpha value is -1.26. The van der Waals surface area contributed by atoms with E-state index in [9.17, 15) is 4.79 Å². The van der Waals surface area contributed by atoms with E-state index in [0.717, 1.165) is 31.8 Å². The summed E-state index contributed by atoms with van der Waals surface area (Å²) in [6.07, 6.45) is 0.779. The van der Waals surface area contributed by atoms with E-state index in [1.54, 1.807) is 7.11 Å². The highest BCUT2D eigenvalue weighted by atomic mass is 35.5. The molecule has 2 atom stereocenters. The molecule has 5 heteroatoms. The Labute approximate surface area is 133 Å². The van der Waals surface area contributed by atoms with Gasteiger partial charge in [-0.25, -0.2) is 0 Å². The normalized spacial score (nSPS) is 19.6. The molecule has 1 N–H and O–H groups in total. The maximum absolute atomic E-state index is 12.4. The van der Waals surface area contributed by atoms with Crippen LogP contribution in [0.3, 0.4) is 0 Å². The molecule has 2 rings (SSSR count). The van der Waals surface area contributed by atoms with Gasteiger partial charge < -0.3 is 15.0 Å². The van der Waals surface area contributed by atoms with Gasteiger partial charge in [0.2, 0.25) is 5.91 Å². The summed E-state index contributed by atoms with van der Waals surface area (Å²) in [4.78, 5) is 14.4. The van der Waals surface area contributed by atoms with Crippen LogP contribution in [0.25, 0.3) is 0 Å². The van der Waals surface area contributed by atoms with Crippen LogP contribution in [-0.2, 0) is 11.2 Å². The molecule has 1 saturated heterocycles. The minimum absolute atomic E-state index is 0. The van der Waals surface area contributed by atoms with Crippen molar-refractivity contribution in [1.29, 1.82) is 0 Å². The van der Waals surface area contributed by atoms with E-state index in [0.29, 0.717) is 6.04 Å². The van der Waals surface area contributed by atoms with E-state index in [-0.39, 0.29) is 24.2 Å². The molecule has 0 bridgehead atoms. The number of hydrogen-bond donors (Lipinski definition) is 1. The van der Waals surface area contributed by atoms with E-state index in [1.807, 2.05) is 36.1 Å². The van der Waals surface area contributed by atoms with Crippen LogP contribution in [0.1, 0.15) is 19.4 Å². The molecule has 4 nitrogen and oxygen atoms in total. The molecule has 1 aromatic rings. The Morgan fingerprint density at radius 2 is 2.10 bits per heavy atom. The van der Waals surface area contributed by atoms with Gasteiger partial charge >= 0.3 is 0 Å². The molecule has 1 aliphatic heterocycles. The van der Waals surface area contributed by atoms with Crippen molar-refractivity contribution in [2.75, 3.05) is 26.7 Å². The minimum Gasteiger partial charge on any atom is -0.497 e. The lowest BCUT2D eigenvalue weighted by atomic mass is 9.99. The first-order valence-corrected chi connectivity index (χ1v) is 7.25. The van der Waals surface area contributed by atoms with Gasteiger partial charge in [-0.1, -0.05) is 19.1 Å². The molecule has 1 unspecified atom stereocenters. The zero-order valence-electron chi connectivity index (χ0n) is 13.0. The largest absolute Gasteiger partial charge is 0.497 e. The van der Waals surface area contributed by atoms with Crippen LogP contribution in [-0.4, -0.2) is 43.6 Å². The third kappa shape index (κ3) is 4.90. The van der Waals surface area contributed by atoms with Crippen molar-refractivity contribution in [3.63, 3.8) is 0 Å². The lowest BCUT2D eigenvalue weighted by Gasteiger charge is -2.33. The van der Waals surface area contributed by atoms with E-state index in [4.69, 9.17) is 4.74 Å². The molecule has 1 aromatic carbocycles. The average molecular weight is 313 g/mol. The highest BCUT2D eigenvalue weighted by molar-refractivity contribution is 5.85. The van der Waals surface area contributed by atoms with Crippen LogP contribution in [0, 0.1) is 5.92 Å². The second-order valence-electron chi connectivity index (χ2n) is 5.59. The molecule has 1 heterocycles. The number of carbonyl (C=O) groups is 1. The van der Waals surface area contributed by atoms with Gasteiger partial charge in [0.05, 0.1) is 7.11 Å². The first-order valence-electron chi connectivity index (χ1n) is 7.25. The first kappa shape index (κ1) is 17.8. The zero-order valence-corrected chi connectivity index (χ0v) is 13.8. The van der Waals surface area contributed by atoms with Crippen molar-refractivity contribution >= 4 is 18.3 Å². The quantitative estimate of drug-likeness (QED) is 0.926. The summed E-state index contributed by atoms with van der Waals surface area (Å²) < 4.78 is 5.15. The number of amides is 1. The lowest BCUT2D eigenvalue weighted by molar-refractivity contribution is -0.136. The summed E-state index contributed by atoms with van der Waals surface area (Å²) in [5.41, 5.74) is 1.18. The fourth-order valence-corrected chi connectivity index (χ4v) is 2.65. The number of ether oxygens (including phenoxy) is 1. The van der Waals surface area contributed by atoms with Gasteiger partial charge in [-0.3, -0.25) is 4.79 Å². The summed E-state index contributed by atoms with van der Waals surface area (Å²) >= 11 is 0. The molecule has 118 valence electrons. The minimum atomic E-state index is 0. The molecule has 0 saturated carbocycles.